The molecule has 7 rings (SSSR count). The molecule has 1 heterocycles. The van der Waals surface area contributed by atoms with Crippen LogP contribution < -0.4 is 10.6 Å². The normalized spacial score (nSPS) is 12.2. The number of nitrogens with one attached hydrogen (secondary N) is 2. The predicted molar refractivity (Wildman–Crippen MR) is 204 cm³/mol. The van der Waals surface area contributed by atoms with Gasteiger partial charge < -0.3 is 24.8 Å². The van der Waals surface area contributed by atoms with E-state index in [4.69, 9.17) is 0 Å². The molecule has 0 saturated carbocycles. The molecule has 0 spiro atoms. The Kier molecular flexibility index (Phi) is 9.90. The van der Waals surface area contributed by atoms with Crippen LogP contribution in [0.1, 0.15) is 11.1 Å². The quantitative estimate of drug-likeness (QED) is 0.0514. The molecular formula is C37H29N9O4S2. The van der Waals surface area contributed by atoms with E-state index in [0.29, 0.717) is 61.8 Å². The molecule has 1 aromatic heterocycles. The van der Waals surface area contributed by atoms with Crippen molar-refractivity contribution in [2.75, 3.05) is 10.6 Å². The molecule has 52 heavy (non-hydrogen) atoms. The van der Waals surface area contributed by atoms with Crippen LogP contribution in [0.4, 0.5) is 46.0 Å². The lowest BCUT2D eigenvalue weighted by Crippen LogP contribution is -2.03. The van der Waals surface area contributed by atoms with Crippen molar-refractivity contribution in [3.63, 3.8) is 0 Å². The molecule has 0 radical (unpaired) electrons. The summed E-state index contributed by atoms with van der Waals surface area (Å²) in [6, 6.07) is 32.3. The standard InChI is InChI=1S/C37H29N9O4S2/c1-21-19-23(11-13-29(21)43-45-31-15-17-33(51-48)27-9-5-3-7-25(27)31)38-35-40-36(42-37(47)41-35)39-24-12-14-30(22(2)20-24)44-46-32-16-18-34(52(49)50)28-10-6-4-8-26(28)32/h3-20,48H,1-2H3,(H,49,50)(H3,38,39,40,41,42,47). The van der Waals surface area contributed by atoms with Gasteiger partial charge in [0.2, 0.25) is 11.9 Å². The van der Waals surface area contributed by atoms with Gasteiger partial charge in [0.1, 0.15) is 0 Å². The van der Waals surface area contributed by atoms with E-state index in [1.807, 2.05) is 80.6 Å². The Balaban J connectivity index is 1.05. The molecule has 5 N–H and O–H groups in total. The van der Waals surface area contributed by atoms with Crippen LogP contribution in [0.5, 0.6) is 6.01 Å². The van der Waals surface area contributed by atoms with E-state index in [0.717, 1.165) is 26.8 Å². The predicted octanol–water partition coefficient (Wildman–Crippen LogP) is 11.0. The molecule has 0 saturated heterocycles. The third-order valence-electron chi connectivity index (χ3n) is 8.07. The van der Waals surface area contributed by atoms with Crippen LogP contribution in [0.2, 0.25) is 0 Å². The van der Waals surface area contributed by atoms with E-state index in [9.17, 15) is 18.4 Å². The number of aryl methyl sites for hydroxylation is 2. The van der Waals surface area contributed by atoms with Crippen LogP contribution in [0.25, 0.3) is 21.5 Å². The van der Waals surface area contributed by atoms with E-state index in [-0.39, 0.29) is 11.9 Å². The molecule has 6 aromatic carbocycles. The van der Waals surface area contributed by atoms with Gasteiger partial charge in [-0.3, -0.25) is 0 Å². The highest BCUT2D eigenvalue weighted by atomic mass is 32.2. The Morgan fingerprint density at radius 1 is 0.596 bits per heavy atom. The Bertz CT molecular complexity index is 2570. The summed E-state index contributed by atoms with van der Waals surface area (Å²) in [6.45, 7) is 3.79. The van der Waals surface area contributed by atoms with E-state index < -0.39 is 17.1 Å². The molecule has 0 aliphatic heterocycles. The highest BCUT2D eigenvalue weighted by Crippen LogP contribution is 2.36. The second kappa shape index (κ2) is 15.0. The highest BCUT2D eigenvalue weighted by Gasteiger charge is 2.12. The first kappa shape index (κ1) is 34.3. The minimum atomic E-state index is -2.13. The third kappa shape index (κ3) is 7.47. The van der Waals surface area contributed by atoms with Crippen molar-refractivity contribution in [3.05, 3.63) is 120 Å². The Labute approximate surface area is 304 Å². The lowest BCUT2D eigenvalue weighted by atomic mass is 10.1. The Morgan fingerprint density at radius 3 is 1.58 bits per heavy atom. The fraction of sp³-hybridized carbons (Fsp3) is 0.0541. The van der Waals surface area contributed by atoms with Gasteiger partial charge in [-0.25, -0.2) is 4.21 Å². The number of aromatic nitrogens is 3. The second-order valence-electron chi connectivity index (χ2n) is 11.5. The number of azo groups is 2. The molecular weight excluding hydrogens is 699 g/mol. The van der Waals surface area contributed by atoms with Gasteiger partial charge in [0, 0.05) is 44.5 Å². The first-order chi connectivity index (χ1) is 25.2. The van der Waals surface area contributed by atoms with Crippen molar-refractivity contribution in [2.24, 2.45) is 20.5 Å². The third-order valence-corrected chi connectivity index (χ3v) is 9.35. The molecule has 13 nitrogen and oxygen atoms in total. The number of anilines is 4. The van der Waals surface area contributed by atoms with Gasteiger partial charge in [0.05, 0.1) is 27.6 Å². The maximum Gasteiger partial charge on any atom is 0.320 e. The minimum absolute atomic E-state index is 0.122. The number of fused-ring (bicyclic) bond motifs is 2. The van der Waals surface area contributed by atoms with Gasteiger partial charge in [-0.2, -0.15) is 25.2 Å². The molecule has 1 unspecified atom stereocenters. The number of aromatic hydroxyl groups is 1. The fourth-order valence-corrected chi connectivity index (χ4v) is 6.51. The summed E-state index contributed by atoms with van der Waals surface area (Å²) in [4.78, 5) is 13.5. The topological polar surface area (TPSA) is 190 Å². The van der Waals surface area contributed by atoms with Crippen LogP contribution in [-0.2, 0) is 11.1 Å². The van der Waals surface area contributed by atoms with Crippen molar-refractivity contribution in [2.45, 2.75) is 23.6 Å². The Morgan fingerprint density at radius 2 is 1.06 bits per heavy atom. The summed E-state index contributed by atoms with van der Waals surface area (Å²) in [5.41, 5.74) is 5.51. The summed E-state index contributed by atoms with van der Waals surface area (Å²) in [7, 11) is 0. The van der Waals surface area contributed by atoms with Gasteiger partial charge in [-0.05, 0) is 91.0 Å². The minimum Gasteiger partial charge on any atom is -0.479 e. The van der Waals surface area contributed by atoms with E-state index >= 15 is 0 Å². The maximum absolute atomic E-state index is 11.8. The summed E-state index contributed by atoms with van der Waals surface area (Å²) in [5.74, 6) is 0.249. The number of benzene rings is 6. The molecule has 258 valence electrons. The van der Waals surface area contributed by atoms with Crippen LogP contribution in [0.15, 0.2) is 139 Å². The zero-order valence-electron chi connectivity index (χ0n) is 27.6. The van der Waals surface area contributed by atoms with Crippen LogP contribution >= 0.6 is 12.0 Å². The first-order valence-electron chi connectivity index (χ1n) is 15.8. The number of hydrogen-bond donors (Lipinski definition) is 5. The molecule has 1 atom stereocenters. The van der Waals surface area contributed by atoms with E-state index in [1.165, 1.54) is 0 Å². The van der Waals surface area contributed by atoms with Crippen LogP contribution in [0, 0.1) is 13.8 Å². The van der Waals surface area contributed by atoms with Crippen LogP contribution in [-0.4, -0.2) is 33.4 Å². The van der Waals surface area contributed by atoms with E-state index in [2.05, 4.69) is 46.0 Å². The Hall–Kier alpha value is -6.13. The van der Waals surface area contributed by atoms with Crippen molar-refractivity contribution >= 4 is 90.7 Å². The average molecular weight is 728 g/mol. The summed E-state index contributed by atoms with van der Waals surface area (Å²) in [5, 5.41) is 37.4. The molecule has 0 aliphatic rings. The van der Waals surface area contributed by atoms with Crippen molar-refractivity contribution in [1.82, 2.24) is 15.0 Å². The molecule has 0 aliphatic carbocycles. The first-order valence-corrected chi connectivity index (χ1v) is 17.6. The van der Waals surface area contributed by atoms with Gasteiger partial charge in [0.25, 0.3) is 0 Å². The molecule has 15 heteroatoms. The second-order valence-corrected chi connectivity index (χ2v) is 13.1. The number of nitrogens with zero attached hydrogens (tertiary/aromatic N) is 7. The van der Waals surface area contributed by atoms with Gasteiger partial charge in [-0.1, -0.05) is 48.5 Å². The number of hydrogen-bond acceptors (Lipinski definition) is 13. The van der Waals surface area contributed by atoms with Gasteiger partial charge in [0.15, 0.2) is 11.1 Å². The van der Waals surface area contributed by atoms with Crippen molar-refractivity contribution in [1.29, 1.82) is 0 Å². The maximum atomic E-state index is 11.8. The fourth-order valence-electron chi connectivity index (χ4n) is 5.56. The van der Waals surface area contributed by atoms with Crippen molar-refractivity contribution < 1.29 is 18.4 Å². The lowest BCUT2D eigenvalue weighted by molar-refractivity contribution is 0.430. The molecule has 0 bridgehead atoms. The summed E-state index contributed by atoms with van der Waals surface area (Å²) >= 11 is -1.43. The zero-order chi connectivity index (χ0) is 36.2. The largest absolute Gasteiger partial charge is 0.479 e. The smallest absolute Gasteiger partial charge is 0.320 e. The van der Waals surface area contributed by atoms with Crippen LogP contribution in [0.3, 0.4) is 0 Å². The summed E-state index contributed by atoms with van der Waals surface area (Å²) < 4.78 is 31.0. The number of rotatable bonds is 10. The van der Waals surface area contributed by atoms with Gasteiger partial charge in [-0.15, -0.1) is 10.2 Å². The van der Waals surface area contributed by atoms with Crippen molar-refractivity contribution in [3.8, 4) is 6.01 Å². The van der Waals surface area contributed by atoms with E-state index in [1.54, 1.807) is 42.5 Å². The molecule has 0 fully saturated rings. The summed E-state index contributed by atoms with van der Waals surface area (Å²) in [6.07, 6.45) is 0. The molecule has 0 amide bonds. The highest BCUT2D eigenvalue weighted by molar-refractivity contribution is 7.94. The SMILES string of the molecule is Cc1cc(Nc2nc(O)nc(Nc3ccc(N=Nc4ccc(S(=O)O)c5ccccc45)c(C)c3)n2)ccc1N=Nc1ccc(SO)c2ccccc12. The van der Waals surface area contributed by atoms with Gasteiger partial charge >= 0.3 is 6.01 Å². The molecule has 7 aromatic rings. The monoisotopic (exact) mass is 727 g/mol. The average Bonchev–Trinajstić information content (AvgIpc) is 3.13. The lowest BCUT2D eigenvalue weighted by Gasteiger charge is -2.10. The zero-order valence-corrected chi connectivity index (χ0v) is 29.2.